The number of benzene rings is 1. The number of aromatic nitrogens is 1. The first kappa shape index (κ1) is 14.5. The fourth-order valence-electron chi connectivity index (χ4n) is 1.93. The Morgan fingerprint density at radius 1 is 1.35 bits per heavy atom. The fourth-order valence-corrected chi connectivity index (χ4v) is 2.64. The summed E-state index contributed by atoms with van der Waals surface area (Å²) in [6.07, 6.45) is 0. The van der Waals surface area contributed by atoms with Crippen LogP contribution in [0.3, 0.4) is 0 Å². The van der Waals surface area contributed by atoms with Crippen molar-refractivity contribution in [3.63, 3.8) is 0 Å². The SMILES string of the molecule is CCNc1ccc(C)cc1C(=O)NCc1nc(C)cs1. The Morgan fingerprint density at radius 3 is 2.80 bits per heavy atom. The number of hydrogen-bond donors (Lipinski definition) is 2. The summed E-state index contributed by atoms with van der Waals surface area (Å²) in [6.45, 7) is 7.20. The molecule has 0 aliphatic carbocycles. The molecule has 0 fully saturated rings. The van der Waals surface area contributed by atoms with Gasteiger partial charge in [0.15, 0.2) is 0 Å². The number of thiazole rings is 1. The van der Waals surface area contributed by atoms with Crippen LogP contribution >= 0.6 is 11.3 Å². The topological polar surface area (TPSA) is 54.0 Å². The van der Waals surface area contributed by atoms with Crippen molar-refractivity contribution in [2.24, 2.45) is 0 Å². The molecule has 1 aromatic carbocycles. The molecule has 1 amide bonds. The van der Waals surface area contributed by atoms with E-state index in [9.17, 15) is 4.79 Å². The normalized spacial score (nSPS) is 10.3. The molecule has 4 nitrogen and oxygen atoms in total. The van der Waals surface area contributed by atoms with Crippen LogP contribution in [0.25, 0.3) is 0 Å². The number of nitrogens with one attached hydrogen (secondary N) is 2. The number of carbonyl (C=O) groups is 1. The zero-order chi connectivity index (χ0) is 14.5. The van der Waals surface area contributed by atoms with Gasteiger partial charge >= 0.3 is 0 Å². The second-order valence-electron chi connectivity index (χ2n) is 4.64. The lowest BCUT2D eigenvalue weighted by Gasteiger charge is -2.11. The van der Waals surface area contributed by atoms with Crippen LogP contribution in [0.2, 0.25) is 0 Å². The molecule has 20 heavy (non-hydrogen) atoms. The second kappa shape index (κ2) is 6.52. The van der Waals surface area contributed by atoms with Gasteiger partial charge in [-0.3, -0.25) is 4.79 Å². The third-order valence-electron chi connectivity index (χ3n) is 2.85. The van der Waals surface area contributed by atoms with Crippen LogP contribution in [-0.4, -0.2) is 17.4 Å². The van der Waals surface area contributed by atoms with Gasteiger partial charge < -0.3 is 10.6 Å². The molecule has 2 N–H and O–H groups in total. The summed E-state index contributed by atoms with van der Waals surface area (Å²) in [6, 6.07) is 5.85. The largest absolute Gasteiger partial charge is 0.385 e. The van der Waals surface area contributed by atoms with E-state index in [1.807, 2.05) is 44.4 Å². The zero-order valence-electron chi connectivity index (χ0n) is 12.0. The summed E-state index contributed by atoms with van der Waals surface area (Å²) in [5.74, 6) is -0.0718. The number of carbonyl (C=O) groups excluding carboxylic acids is 1. The molecule has 0 bridgehead atoms. The van der Waals surface area contributed by atoms with Crippen molar-refractivity contribution in [2.75, 3.05) is 11.9 Å². The monoisotopic (exact) mass is 289 g/mol. The number of amides is 1. The van der Waals surface area contributed by atoms with E-state index in [0.717, 1.165) is 28.5 Å². The molecule has 0 saturated heterocycles. The van der Waals surface area contributed by atoms with E-state index >= 15 is 0 Å². The van der Waals surface area contributed by atoms with E-state index in [-0.39, 0.29) is 5.91 Å². The molecule has 0 radical (unpaired) electrons. The third-order valence-corrected chi connectivity index (χ3v) is 3.82. The molecule has 0 aliphatic heterocycles. The van der Waals surface area contributed by atoms with Gasteiger partial charge in [0, 0.05) is 23.3 Å². The van der Waals surface area contributed by atoms with E-state index in [1.54, 1.807) is 11.3 Å². The van der Waals surface area contributed by atoms with E-state index in [1.165, 1.54) is 0 Å². The molecule has 0 saturated carbocycles. The van der Waals surface area contributed by atoms with Crippen LogP contribution in [0.1, 0.15) is 33.5 Å². The van der Waals surface area contributed by atoms with Crippen molar-refractivity contribution in [3.05, 3.63) is 45.4 Å². The van der Waals surface area contributed by atoms with Gasteiger partial charge in [-0.15, -0.1) is 11.3 Å². The number of rotatable bonds is 5. The highest BCUT2D eigenvalue weighted by molar-refractivity contribution is 7.09. The van der Waals surface area contributed by atoms with Crippen LogP contribution < -0.4 is 10.6 Å². The first-order chi connectivity index (χ1) is 9.60. The van der Waals surface area contributed by atoms with Crippen LogP contribution in [-0.2, 0) is 6.54 Å². The fraction of sp³-hybridized carbons (Fsp3) is 0.333. The minimum atomic E-state index is -0.0718. The smallest absolute Gasteiger partial charge is 0.253 e. The van der Waals surface area contributed by atoms with Crippen LogP contribution in [0.4, 0.5) is 5.69 Å². The van der Waals surface area contributed by atoms with E-state index in [4.69, 9.17) is 0 Å². The lowest BCUT2D eigenvalue weighted by atomic mass is 10.1. The van der Waals surface area contributed by atoms with Gasteiger partial charge in [-0.2, -0.15) is 0 Å². The minimum absolute atomic E-state index is 0.0718. The molecule has 1 heterocycles. The lowest BCUT2D eigenvalue weighted by Crippen LogP contribution is -2.24. The quantitative estimate of drug-likeness (QED) is 0.889. The van der Waals surface area contributed by atoms with Crippen LogP contribution in [0.15, 0.2) is 23.6 Å². The highest BCUT2D eigenvalue weighted by Crippen LogP contribution is 2.17. The standard InChI is InChI=1S/C15H19N3OS/c1-4-16-13-6-5-10(2)7-12(13)15(19)17-8-14-18-11(3)9-20-14/h5-7,9,16H,4,8H2,1-3H3,(H,17,19). The van der Waals surface area contributed by atoms with E-state index in [0.29, 0.717) is 12.1 Å². The lowest BCUT2D eigenvalue weighted by molar-refractivity contribution is 0.0951. The average Bonchev–Trinajstić information content (AvgIpc) is 2.84. The highest BCUT2D eigenvalue weighted by Gasteiger charge is 2.11. The Balaban J connectivity index is 2.09. The molecule has 2 aromatic rings. The molecule has 106 valence electrons. The summed E-state index contributed by atoms with van der Waals surface area (Å²) in [5.41, 5.74) is 3.61. The third kappa shape index (κ3) is 3.57. The summed E-state index contributed by atoms with van der Waals surface area (Å²) in [5, 5.41) is 9.05. The first-order valence-electron chi connectivity index (χ1n) is 6.64. The molecule has 0 aliphatic rings. The summed E-state index contributed by atoms with van der Waals surface area (Å²) < 4.78 is 0. The molecule has 0 spiro atoms. The van der Waals surface area contributed by atoms with Crippen molar-refractivity contribution in [1.82, 2.24) is 10.3 Å². The van der Waals surface area contributed by atoms with Gasteiger partial charge in [0.2, 0.25) is 0 Å². The number of nitrogens with zero attached hydrogens (tertiary/aromatic N) is 1. The number of hydrogen-bond acceptors (Lipinski definition) is 4. The van der Waals surface area contributed by atoms with Crippen molar-refractivity contribution in [2.45, 2.75) is 27.3 Å². The van der Waals surface area contributed by atoms with Crippen molar-refractivity contribution in [3.8, 4) is 0 Å². The summed E-state index contributed by atoms with van der Waals surface area (Å²) >= 11 is 1.56. The van der Waals surface area contributed by atoms with Crippen molar-refractivity contribution < 1.29 is 4.79 Å². The number of aryl methyl sites for hydroxylation is 2. The Morgan fingerprint density at radius 2 is 2.15 bits per heavy atom. The second-order valence-corrected chi connectivity index (χ2v) is 5.59. The maximum absolute atomic E-state index is 12.3. The Bertz CT molecular complexity index is 607. The van der Waals surface area contributed by atoms with E-state index in [2.05, 4.69) is 15.6 Å². The van der Waals surface area contributed by atoms with Crippen LogP contribution in [0, 0.1) is 13.8 Å². The van der Waals surface area contributed by atoms with Gasteiger partial charge in [0.05, 0.1) is 12.1 Å². The van der Waals surface area contributed by atoms with Gasteiger partial charge in [-0.1, -0.05) is 11.6 Å². The Labute approximate surface area is 123 Å². The van der Waals surface area contributed by atoms with Crippen molar-refractivity contribution >= 4 is 22.9 Å². The van der Waals surface area contributed by atoms with Crippen LogP contribution in [0.5, 0.6) is 0 Å². The molecule has 5 heteroatoms. The molecule has 0 atom stereocenters. The first-order valence-corrected chi connectivity index (χ1v) is 7.52. The molecular formula is C15H19N3OS. The molecule has 1 aromatic heterocycles. The minimum Gasteiger partial charge on any atom is -0.385 e. The van der Waals surface area contributed by atoms with Gasteiger partial charge in [0.1, 0.15) is 5.01 Å². The predicted molar refractivity (Wildman–Crippen MR) is 83.4 cm³/mol. The van der Waals surface area contributed by atoms with Gasteiger partial charge in [-0.05, 0) is 32.9 Å². The highest BCUT2D eigenvalue weighted by atomic mass is 32.1. The molecule has 0 unspecified atom stereocenters. The zero-order valence-corrected chi connectivity index (χ0v) is 12.8. The maximum atomic E-state index is 12.3. The molecule has 2 rings (SSSR count). The Kier molecular flexibility index (Phi) is 4.74. The molecular weight excluding hydrogens is 270 g/mol. The maximum Gasteiger partial charge on any atom is 0.253 e. The number of anilines is 1. The Hall–Kier alpha value is -1.88. The van der Waals surface area contributed by atoms with Crippen molar-refractivity contribution in [1.29, 1.82) is 0 Å². The van der Waals surface area contributed by atoms with E-state index < -0.39 is 0 Å². The van der Waals surface area contributed by atoms with Gasteiger partial charge in [0.25, 0.3) is 5.91 Å². The predicted octanol–water partition coefficient (Wildman–Crippen LogP) is 3.12. The summed E-state index contributed by atoms with van der Waals surface area (Å²) in [4.78, 5) is 16.6. The average molecular weight is 289 g/mol. The van der Waals surface area contributed by atoms with Gasteiger partial charge in [-0.25, -0.2) is 4.98 Å². The summed E-state index contributed by atoms with van der Waals surface area (Å²) in [7, 11) is 0.